The Bertz CT molecular complexity index is 822. The maximum atomic E-state index is 6.13. The number of methoxy groups -OCH3 is 1. The van der Waals surface area contributed by atoms with E-state index < -0.39 is 0 Å². The van der Waals surface area contributed by atoms with E-state index in [-0.39, 0.29) is 0 Å². The first-order valence-electron chi connectivity index (χ1n) is 7.00. The monoisotopic (exact) mass is 399 g/mol. The lowest BCUT2D eigenvalue weighted by Gasteiger charge is -2.03. The van der Waals surface area contributed by atoms with E-state index in [0.717, 1.165) is 30.8 Å². The van der Waals surface area contributed by atoms with Crippen molar-refractivity contribution in [3.8, 4) is 0 Å². The summed E-state index contributed by atoms with van der Waals surface area (Å²) in [6.07, 6.45) is 0.713. The van der Waals surface area contributed by atoms with Crippen LogP contribution in [0.2, 0.25) is 5.02 Å². The minimum Gasteiger partial charge on any atom is -0.384 e. The van der Waals surface area contributed by atoms with Gasteiger partial charge in [-0.25, -0.2) is 4.98 Å². The maximum absolute atomic E-state index is 6.13. The van der Waals surface area contributed by atoms with Crippen molar-refractivity contribution in [3.05, 3.63) is 34.6 Å². The highest BCUT2D eigenvalue weighted by Crippen LogP contribution is 2.34. The Labute approximate surface area is 156 Å². The second kappa shape index (κ2) is 8.21. The van der Waals surface area contributed by atoms with E-state index in [1.165, 1.54) is 34.6 Å². The van der Waals surface area contributed by atoms with Crippen molar-refractivity contribution >= 4 is 57.1 Å². The van der Waals surface area contributed by atoms with Crippen LogP contribution in [0.3, 0.4) is 0 Å². The number of ether oxygens (including phenoxy) is 1. The molecule has 24 heavy (non-hydrogen) atoms. The molecule has 0 aliphatic rings. The molecule has 1 aromatic carbocycles. The number of anilines is 2. The van der Waals surface area contributed by atoms with Crippen LogP contribution in [0.1, 0.15) is 11.4 Å². The second-order valence-corrected chi connectivity index (χ2v) is 8.41. The first-order valence-corrected chi connectivity index (χ1v) is 9.78. The predicted octanol–water partition coefficient (Wildman–Crippen LogP) is 4.44. The molecule has 0 saturated heterocycles. The molecule has 0 radical (unpaired) electrons. The van der Waals surface area contributed by atoms with Gasteiger partial charge in [-0.3, -0.25) is 0 Å². The summed E-state index contributed by atoms with van der Waals surface area (Å²) in [4.78, 5) is 4.45. The molecule has 1 N–H and O–H groups in total. The minimum atomic E-state index is 0.618. The van der Waals surface area contributed by atoms with Crippen LogP contribution in [0.15, 0.2) is 26.9 Å². The first-order chi connectivity index (χ1) is 11.6. The fraction of sp³-hybridized carbons (Fsp3) is 0.286. The number of hydrogen-bond donors (Lipinski definition) is 1. The Morgan fingerprint density at radius 3 is 2.96 bits per heavy atom. The number of hydrogen-bond acceptors (Lipinski definition) is 9. The Hall–Kier alpha value is -1.26. The number of nitrogens with zero attached hydrogens (tertiary/aromatic N) is 4. The van der Waals surface area contributed by atoms with Gasteiger partial charge in [0.1, 0.15) is 5.82 Å². The Balaban J connectivity index is 1.62. The van der Waals surface area contributed by atoms with Crippen molar-refractivity contribution in [2.75, 3.05) is 19.0 Å². The summed E-state index contributed by atoms with van der Waals surface area (Å²) < 4.78 is 11.0. The highest BCUT2D eigenvalue weighted by atomic mass is 35.5. The molecule has 0 atom stereocenters. The number of halogens is 1. The Kier molecular flexibility index (Phi) is 6.01. The van der Waals surface area contributed by atoms with Gasteiger partial charge in [-0.1, -0.05) is 29.0 Å². The summed E-state index contributed by atoms with van der Waals surface area (Å²) in [6.45, 7) is 2.58. The minimum absolute atomic E-state index is 0.618. The molecule has 0 fully saturated rings. The summed E-state index contributed by atoms with van der Waals surface area (Å²) >= 11 is 10.4. The van der Waals surface area contributed by atoms with Crippen LogP contribution in [0.4, 0.5) is 10.8 Å². The van der Waals surface area contributed by atoms with Gasteiger partial charge in [0.2, 0.25) is 5.13 Å². The smallest absolute Gasteiger partial charge is 0.210 e. The molecule has 0 spiro atoms. The lowest BCUT2D eigenvalue weighted by Crippen LogP contribution is -1.95. The Morgan fingerprint density at radius 1 is 1.29 bits per heavy atom. The fourth-order valence-electron chi connectivity index (χ4n) is 1.74. The molecule has 10 heteroatoms. The van der Waals surface area contributed by atoms with Gasteiger partial charge < -0.3 is 10.1 Å². The standard InChI is InChI=1S/C14H14ClN5OS3/c1-8-3-4-9(7-10(8)15)16-12-18-19-14(22-12)23-13-17-11(20-24-13)5-6-21-2/h3-4,7H,5-6H2,1-2H3,(H,16,18). The van der Waals surface area contributed by atoms with Crippen molar-refractivity contribution in [1.82, 2.24) is 19.6 Å². The van der Waals surface area contributed by atoms with E-state index >= 15 is 0 Å². The first kappa shape index (κ1) is 17.6. The largest absolute Gasteiger partial charge is 0.384 e. The average Bonchev–Trinajstić information content (AvgIpc) is 3.19. The van der Waals surface area contributed by atoms with Gasteiger partial charge in [-0.2, -0.15) is 4.37 Å². The van der Waals surface area contributed by atoms with Crippen molar-refractivity contribution in [2.45, 2.75) is 22.0 Å². The highest BCUT2D eigenvalue weighted by molar-refractivity contribution is 8.02. The van der Waals surface area contributed by atoms with E-state index in [1.807, 2.05) is 25.1 Å². The van der Waals surface area contributed by atoms with Gasteiger partial charge in [0.15, 0.2) is 8.68 Å². The van der Waals surface area contributed by atoms with Crippen molar-refractivity contribution in [3.63, 3.8) is 0 Å². The number of aromatic nitrogens is 4. The van der Waals surface area contributed by atoms with Crippen molar-refractivity contribution in [1.29, 1.82) is 0 Å². The van der Waals surface area contributed by atoms with Gasteiger partial charge in [-0.05, 0) is 47.9 Å². The van der Waals surface area contributed by atoms with Crippen molar-refractivity contribution in [2.24, 2.45) is 0 Å². The highest BCUT2D eigenvalue weighted by Gasteiger charge is 2.11. The predicted molar refractivity (Wildman–Crippen MR) is 99.0 cm³/mol. The zero-order chi connectivity index (χ0) is 16.9. The lowest BCUT2D eigenvalue weighted by molar-refractivity contribution is 0.200. The molecule has 126 valence electrons. The quantitative estimate of drug-likeness (QED) is 0.629. The van der Waals surface area contributed by atoms with Crippen LogP contribution in [-0.2, 0) is 11.2 Å². The van der Waals surface area contributed by atoms with Gasteiger partial charge in [0.25, 0.3) is 0 Å². The number of benzene rings is 1. The molecule has 6 nitrogen and oxygen atoms in total. The van der Waals surface area contributed by atoms with E-state index in [2.05, 4.69) is 24.9 Å². The maximum Gasteiger partial charge on any atom is 0.210 e. The molecular weight excluding hydrogens is 386 g/mol. The van der Waals surface area contributed by atoms with Crippen LogP contribution in [0, 0.1) is 6.92 Å². The third kappa shape index (κ3) is 4.64. The molecule has 0 bridgehead atoms. The zero-order valence-corrected chi connectivity index (χ0v) is 16.2. The SMILES string of the molecule is COCCc1nsc(Sc2nnc(Nc3ccc(C)c(Cl)c3)s2)n1. The molecule has 3 aromatic rings. The van der Waals surface area contributed by atoms with Crippen LogP contribution < -0.4 is 5.32 Å². The number of rotatable bonds is 7. The molecule has 2 heterocycles. The van der Waals surface area contributed by atoms with Crippen LogP contribution in [0.5, 0.6) is 0 Å². The molecule has 0 aliphatic heterocycles. The van der Waals surface area contributed by atoms with E-state index in [0.29, 0.717) is 18.2 Å². The molecule has 0 amide bonds. The fourth-order valence-corrected chi connectivity index (χ4v) is 4.56. The van der Waals surface area contributed by atoms with E-state index in [9.17, 15) is 0 Å². The third-order valence-corrected chi connectivity index (χ3v) is 6.07. The molecule has 0 saturated carbocycles. The zero-order valence-electron chi connectivity index (χ0n) is 12.9. The third-order valence-electron chi connectivity index (χ3n) is 2.98. The molecule has 3 rings (SSSR count). The van der Waals surface area contributed by atoms with Crippen LogP contribution in [0.25, 0.3) is 0 Å². The summed E-state index contributed by atoms with van der Waals surface area (Å²) in [5, 5.41) is 13.0. The van der Waals surface area contributed by atoms with E-state index in [4.69, 9.17) is 16.3 Å². The van der Waals surface area contributed by atoms with E-state index in [1.54, 1.807) is 7.11 Å². The van der Waals surface area contributed by atoms with Crippen LogP contribution in [-0.4, -0.2) is 33.3 Å². The normalized spacial score (nSPS) is 11.0. The summed E-state index contributed by atoms with van der Waals surface area (Å²) in [5.41, 5.74) is 1.92. The van der Waals surface area contributed by atoms with Crippen LogP contribution >= 0.6 is 46.2 Å². The van der Waals surface area contributed by atoms with Crippen molar-refractivity contribution < 1.29 is 4.74 Å². The van der Waals surface area contributed by atoms with Gasteiger partial charge in [0, 0.05) is 24.2 Å². The van der Waals surface area contributed by atoms with Gasteiger partial charge in [-0.15, -0.1) is 10.2 Å². The Morgan fingerprint density at radius 2 is 2.17 bits per heavy atom. The number of nitrogens with one attached hydrogen (secondary N) is 1. The van der Waals surface area contributed by atoms with Gasteiger partial charge >= 0.3 is 0 Å². The molecule has 2 aromatic heterocycles. The number of aryl methyl sites for hydroxylation is 1. The lowest BCUT2D eigenvalue weighted by atomic mass is 10.2. The summed E-state index contributed by atoms with van der Waals surface area (Å²) in [7, 11) is 1.67. The molecule has 0 aliphatic carbocycles. The summed E-state index contributed by atoms with van der Waals surface area (Å²) in [5.74, 6) is 0.793. The average molecular weight is 400 g/mol. The van der Waals surface area contributed by atoms with Gasteiger partial charge in [0.05, 0.1) is 6.61 Å². The molecule has 0 unspecified atom stereocenters. The topological polar surface area (TPSA) is 72.8 Å². The molecular formula is C14H14ClN5OS3. The second-order valence-electron chi connectivity index (χ2n) is 4.78. The summed E-state index contributed by atoms with van der Waals surface area (Å²) in [6, 6.07) is 5.80.